The fraction of sp³-hybridized carbons (Fsp3) is 0.571. The lowest BCUT2D eigenvalue weighted by atomic mass is 9.82. The minimum atomic E-state index is -0.413. The molecule has 0 saturated heterocycles. The second-order valence-corrected chi connectivity index (χ2v) is 5.56. The zero-order valence-electron chi connectivity index (χ0n) is 12.2. The molecule has 1 aromatic rings. The summed E-state index contributed by atoms with van der Waals surface area (Å²) in [7, 11) is 3.06. The van der Waals surface area contributed by atoms with Crippen LogP contribution in [0.4, 0.5) is 4.39 Å². The van der Waals surface area contributed by atoms with E-state index in [4.69, 9.17) is 15.3 Å². The molecule has 2 unspecified atom stereocenters. The molecular weight excluding hydrogens is 247 g/mol. The van der Waals surface area contributed by atoms with E-state index in [1.807, 2.05) is 20.8 Å². The Balaban J connectivity index is 3.12. The van der Waals surface area contributed by atoms with Gasteiger partial charge in [-0.2, -0.15) is 0 Å². The lowest BCUT2D eigenvalue weighted by Gasteiger charge is -2.35. The van der Waals surface area contributed by atoms with E-state index in [-0.39, 0.29) is 23.3 Å². The Morgan fingerprint density at radius 1 is 1.26 bits per heavy atom. The molecule has 0 amide bonds. The molecule has 0 fully saturated rings. The van der Waals surface area contributed by atoms with Crippen molar-refractivity contribution in [2.45, 2.75) is 32.9 Å². The van der Waals surface area contributed by atoms with Crippen molar-refractivity contribution in [2.75, 3.05) is 14.2 Å². The topological polar surface area (TPSA) is 56.5 Å². The molecular formula is C14H23FN2O2. The zero-order chi connectivity index (χ0) is 14.6. The summed E-state index contributed by atoms with van der Waals surface area (Å²) in [5, 5.41) is 0. The predicted molar refractivity (Wildman–Crippen MR) is 73.3 cm³/mol. The van der Waals surface area contributed by atoms with Crippen molar-refractivity contribution in [1.82, 2.24) is 5.43 Å². The summed E-state index contributed by atoms with van der Waals surface area (Å²) in [6.07, 6.45) is -0.190. The largest absolute Gasteiger partial charge is 0.494 e. The van der Waals surface area contributed by atoms with E-state index >= 15 is 0 Å². The number of rotatable bonds is 5. The highest BCUT2D eigenvalue weighted by molar-refractivity contribution is 5.31. The highest BCUT2D eigenvalue weighted by Gasteiger charge is 2.33. The molecule has 0 aliphatic carbocycles. The van der Waals surface area contributed by atoms with Crippen molar-refractivity contribution in [3.8, 4) is 5.75 Å². The first-order chi connectivity index (χ1) is 8.85. The molecule has 0 saturated carbocycles. The highest BCUT2D eigenvalue weighted by atomic mass is 19.1. The molecule has 1 aromatic carbocycles. The van der Waals surface area contributed by atoms with Crippen LogP contribution in [0.3, 0.4) is 0 Å². The Morgan fingerprint density at radius 3 is 2.26 bits per heavy atom. The van der Waals surface area contributed by atoms with Gasteiger partial charge in [-0.1, -0.05) is 26.8 Å². The van der Waals surface area contributed by atoms with E-state index in [1.54, 1.807) is 19.2 Å². The molecule has 0 aliphatic rings. The van der Waals surface area contributed by atoms with Crippen molar-refractivity contribution in [3.63, 3.8) is 0 Å². The molecule has 0 aromatic heterocycles. The van der Waals surface area contributed by atoms with E-state index in [1.165, 1.54) is 13.2 Å². The van der Waals surface area contributed by atoms with Crippen molar-refractivity contribution in [1.29, 1.82) is 0 Å². The van der Waals surface area contributed by atoms with Crippen LogP contribution in [-0.4, -0.2) is 20.3 Å². The van der Waals surface area contributed by atoms with Gasteiger partial charge in [0.05, 0.1) is 19.3 Å². The average molecular weight is 270 g/mol. The molecule has 1 rings (SSSR count). The van der Waals surface area contributed by atoms with Crippen molar-refractivity contribution < 1.29 is 13.9 Å². The number of methoxy groups -OCH3 is 2. The van der Waals surface area contributed by atoms with E-state index < -0.39 is 5.82 Å². The summed E-state index contributed by atoms with van der Waals surface area (Å²) >= 11 is 0. The van der Waals surface area contributed by atoms with Gasteiger partial charge in [0.25, 0.3) is 0 Å². The number of nitrogens with two attached hydrogens (primary N) is 1. The fourth-order valence-electron chi connectivity index (χ4n) is 2.22. The van der Waals surface area contributed by atoms with Crippen LogP contribution in [0.1, 0.15) is 32.4 Å². The van der Waals surface area contributed by atoms with Gasteiger partial charge in [-0.3, -0.25) is 11.3 Å². The Bertz CT molecular complexity index is 418. The summed E-state index contributed by atoms with van der Waals surface area (Å²) < 4.78 is 24.2. The normalized spacial score (nSPS) is 15.1. The van der Waals surface area contributed by atoms with Crippen LogP contribution < -0.4 is 16.0 Å². The fourth-order valence-corrected chi connectivity index (χ4v) is 2.22. The third-order valence-electron chi connectivity index (χ3n) is 3.12. The number of ether oxygens (including phenoxy) is 2. The van der Waals surface area contributed by atoms with Crippen LogP contribution in [0.2, 0.25) is 0 Å². The first-order valence-electron chi connectivity index (χ1n) is 6.17. The monoisotopic (exact) mass is 270 g/mol. The minimum absolute atomic E-state index is 0.137. The first kappa shape index (κ1) is 15.9. The summed E-state index contributed by atoms with van der Waals surface area (Å²) in [6, 6.07) is 4.49. The van der Waals surface area contributed by atoms with Crippen molar-refractivity contribution >= 4 is 0 Å². The molecule has 5 heteroatoms. The second kappa shape index (κ2) is 6.32. The van der Waals surface area contributed by atoms with Gasteiger partial charge in [0.15, 0.2) is 11.6 Å². The second-order valence-electron chi connectivity index (χ2n) is 5.56. The van der Waals surface area contributed by atoms with Crippen molar-refractivity contribution in [2.24, 2.45) is 11.3 Å². The highest BCUT2D eigenvalue weighted by Crippen LogP contribution is 2.33. The SMILES string of the molecule is COc1ccc(C(NN)C(OC)C(C)(C)C)cc1F. The van der Waals surface area contributed by atoms with Crippen LogP contribution >= 0.6 is 0 Å². The maximum Gasteiger partial charge on any atom is 0.165 e. The van der Waals surface area contributed by atoms with Gasteiger partial charge in [-0.15, -0.1) is 0 Å². The number of hydrazine groups is 1. The third-order valence-corrected chi connectivity index (χ3v) is 3.12. The molecule has 3 N–H and O–H groups in total. The van der Waals surface area contributed by atoms with Crippen LogP contribution in [-0.2, 0) is 4.74 Å². The Hall–Kier alpha value is -1.17. The van der Waals surface area contributed by atoms with Crippen LogP contribution in [0.5, 0.6) is 5.75 Å². The molecule has 0 bridgehead atoms. The molecule has 19 heavy (non-hydrogen) atoms. The minimum Gasteiger partial charge on any atom is -0.494 e. The van der Waals surface area contributed by atoms with Gasteiger partial charge in [-0.05, 0) is 23.1 Å². The summed E-state index contributed by atoms with van der Waals surface area (Å²) in [4.78, 5) is 0. The summed E-state index contributed by atoms with van der Waals surface area (Å²) in [5.41, 5.74) is 3.30. The van der Waals surface area contributed by atoms with Gasteiger partial charge < -0.3 is 9.47 Å². The van der Waals surface area contributed by atoms with Crippen molar-refractivity contribution in [3.05, 3.63) is 29.6 Å². The number of nitrogens with one attached hydrogen (secondary N) is 1. The maximum atomic E-state index is 13.8. The Kier molecular flexibility index (Phi) is 5.29. The van der Waals surface area contributed by atoms with E-state index in [0.29, 0.717) is 0 Å². The Morgan fingerprint density at radius 2 is 1.89 bits per heavy atom. The third kappa shape index (κ3) is 3.65. The lowest BCUT2D eigenvalue weighted by Crippen LogP contribution is -2.44. The number of benzene rings is 1. The average Bonchev–Trinajstić information content (AvgIpc) is 2.34. The number of hydrogen-bond donors (Lipinski definition) is 2. The molecule has 0 spiro atoms. The van der Waals surface area contributed by atoms with E-state index in [0.717, 1.165) is 5.56 Å². The number of halogens is 1. The smallest absolute Gasteiger partial charge is 0.165 e. The van der Waals surface area contributed by atoms with Gasteiger partial charge in [0.2, 0.25) is 0 Å². The summed E-state index contributed by atoms with van der Waals surface area (Å²) in [6.45, 7) is 6.14. The molecule has 4 nitrogen and oxygen atoms in total. The predicted octanol–water partition coefficient (Wildman–Crippen LogP) is 2.40. The molecule has 0 aliphatic heterocycles. The van der Waals surface area contributed by atoms with Crippen LogP contribution in [0.25, 0.3) is 0 Å². The molecule has 0 heterocycles. The first-order valence-corrected chi connectivity index (χ1v) is 6.17. The number of hydrogen-bond acceptors (Lipinski definition) is 4. The quantitative estimate of drug-likeness (QED) is 0.637. The molecule has 108 valence electrons. The maximum absolute atomic E-state index is 13.8. The molecule has 0 radical (unpaired) electrons. The van der Waals surface area contributed by atoms with E-state index in [9.17, 15) is 4.39 Å². The van der Waals surface area contributed by atoms with Gasteiger partial charge in [0, 0.05) is 7.11 Å². The van der Waals surface area contributed by atoms with Gasteiger partial charge >= 0.3 is 0 Å². The van der Waals surface area contributed by atoms with Crippen LogP contribution in [0, 0.1) is 11.2 Å². The lowest BCUT2D eigenvalue weighted by molar-refractivity contribution is -0.0121. The van der Waals surface area contributed by atoms with Gasteiger partial charge in [-0.25, -0.2) is 4.39 Å². The van der Waals surface area contributed by atoms with Crippen LogP contribution in [0.15, 0.2) is 18.2 Å². The zero-order valence-corrected chi connectivity index (χ0v) is 12.2. The van der Waals surface area contributed by atoms with E-state index in [2.05, 4.69) is 5.43 Å². The molecule has 2 atom stereocenters. The Labute approximate surface area is 114 Å². The standard InChI is InChI=1S/C14H23FN2O2/c1-14(2,3)13(19-5)12(17-16)9-6-7-11(18-4)10(15)8-9/h6-8,12-13,17H,16H2,1-5H3. The summed E-state index contributed by atoms with van der Waals surface area (Å²) in [5.74, 6) is 5.41. The van der Waals surface area contributed by atoms with Gasteiger partial charge in [0.1, 0.15) is 0 Å².